The first-order valence-electron chi connectivity index (χ1n) is 11.3. The zero-order valence-electron chi connectivity index (χ0n) is 17.9. The van der Waals surface area contributed by atoms with Crippen molar-refractivity contribution in [2.24, 2.45) is 5.92 Å². The van der Waals surface area contributed by atoms with Crippen LogP contribution in [0, 0.1) is 5.92 Å². The number of hydrogen-bond donors (Lipinski definition) is 7. The van der Waals surface area contributed by atoms with Crippen molar-refractivity contribution in [2.45, 2.75) is 95.9 Å². The summed E-state index contributed by atoms with van der Waals surface area (Å²) in [7, 11) is 0. The zero-order chi connectivity index (χ0) is 20.6. The summed E-state index contributed by atoms with van der Waals surface area (Å²) in [6, 6.07) is 0.685. The molecule has 6 atom stereocenters. The monoisotopic (exact) mass is 409 g/mol. The topological polar surface area (TPSA) is 118 Å². The molecule has 29 heavy (non-hydrogen) atoms. The first kappa shape index (κ1) is 22.3. The molecule has 0 aromatic heterocycles. The van der Waals surface area contributed by atoms with Gasteiger partial charge >= 0.3 is 6.03 Å². The number of piperidine rings is 1. The smallest absolute Gasteiger partial charge is 0.318 e. The summed E-state index contributed by atoms with van der Waals surface area (Å²) in [6.45, 7) is 5.12. The van der Waals surface area contributed by atoms with Crippen LogP contribution in [0.15, 0.2) is 0 Å². The Balaban J connectivity index is 1.36. The highest BCUT2D eigenvalue weighted by atomic mass is 16.2. The van der Waals surface area contributed by atoms with Crippen LogP contribution in [0.4, 0.5) is 4.79 Å². The van der Waals surface area contributed by atoms with E-state index in [1.54, 1.807) is 0 Å². The second kappa shape index (κ2) is 11.1. The minimum Gasteiger partial charge on any atom is -0.356 e. The predicted molar refractivity (Wildman–Crippen MR) is 113 cm³/mol. The molecule has 0 spiro atoms. The van der Waals surface area contributed by atoms with E-state index >= 15 is 0 Å². The fourth-order valence-corrected chi connectivity index (χ4v) is 4.82. The maximum Gasteiger partial charge on any atom is 0.318 e. The summed E-state index contributed by atoms with van der Waals surface area (Å²) in [5.74, 6) is 0.783. The molecule has 3 fully saturated rings. The maximum atomic E-state index is 12.5. The van der Waals surface area contributed by atoms with Crippen molar-refractivity contribution in [2.75, 3.05) is 13.1 Å². The SMILES string of the molecule is CC(=O)NCCCNC1CC(C)NC(NC(=O)NC2CCC3CCCCC3N2)N1. The quantitative estimate of drug-likeness (QED) is 0.303. The van der Waals surface area contributed by atoms with Crippen molar-refractivity contribution in [1.82, 2.24) is 37.2 Å². The van der Waals surface area contributed by atoms with Crippen LogP contribution < -0.4 is 37.2 Å². The highest BCUT2D eigenvalue weighted by molar-refractivity contribution is 5.74. The number of rotatable bonds is 7. The Morgan fingerprint density at radius 1 is 0.931 bits per heavy atom. The Kier molecular flexibility index (Phi) is 8.53. The van der Waals surface area contributed by atoms with Crippen molar-refractivity contribution >= 4 is 11.9 Å². The van der Waals surface area contributed by atoms with Crippen LogP contribution in [0.1, 0.15) is 65.2 Å². The van der Waals surface area contributed by atoms with Crippen LogP contribution in [-0.4, -0.2) is 55.7 Å². The Morgan fingerprint density at radius 2 is 1.76 bits per heavy atom. The first-order chi connectivity index (χ1) is 14.0. The molecule has 0 bridgehead atoms. The maximum absolute atomic E-state index is 12.5. The van der Waals surface area contributed by atoms with Gasteiger partial charge in [-0.2, -0.15) is 0 Å². The molecule has 2 heterocycles. The molecule has 9 heteroatoms. The molecule has 1 aliphatic carbocycles. The van der Waals surface area contributed by atoms with Gasteiger partial charge in [0.2, 0.25) is 5.91 Å². The molecule has 3 amide bonds. The Hall–Kier alpha value is -1.42. The van der Waals surface area contributed by atoms with Gasteiger partial charge < -0.3 is 21.3 Å². The van der Waals surface area contributed by atoms with E-state index < -0.39 is 0 Å². The lowest BCUT2D eigenvalue weighted by Gasteiger charge is -2.41. The number of hydrogen-bond acceptors (Lipinski definition) is 6. The number of amides is 3. The molecular weight excluding hydrogens is 370 g/mol. The number of carbonyl (C=O) groups is 2. The van der Waals surface area contributed by atoms with E-state index in [2.05, 4.69) is 44.1 Å². The van der Waals surface area contributed by atoms with Crippen LogP contribution in [0.5, 0.6) is 0 Å². The third kappa shape index (κ3) is 7.40. The van der Waals surface area contributed by atoms with Gasteiger partial charge in [0.05, 0.1) is 12.3 Å². The molecule has 166 valence electrons. The highest BCUT2D eigenvalue weighted by Gasteiger charge is 2.32. The first-order valence-corrected chi connectivity index (χ1v) is 11.3. The van der Waals surface area contributed by atoms with E-state index in [-0.39, 0.29) is 36.6 Å². The van der Waals surface area contributed by atoms with Gasteiger partial charge in [0.15, 0.2) is 0 Å². The number of urea groups is 1. The van der Waals surface area contributed by atoms with Crippen molar-refractivity contribution < 1.29 is 9.59 Å². The van der Waals surface area contributed by atoms with Gasteiger partial charge in [-0.3, -0.25) is 20.7 Å². The molecule has 2 aliphatic heterocycles. The normalized spacial score (nSPS) is 34.7. The van der Waals surface area contributed by atoms with E-state index in [4.69, 9.17) is 0 Å². The largest absolute Gasteiger partial charge is 0.356 e. The second-order valence-electron chi connectivity index (χ2n) is 8.81. The van der Waals surface area contributed by atoms with E-state index in [0.717, 1.165) is 31.7 Å². The molecule has 0 aromatic carbocycles. The average molecular weight is 410 g/mol. The zero-order valence-corrected chi connectivity index (χ0v) is 17.9. The Labute approximate surface area is 174 Å². The molecule has 3 aliphatic rings. The minimum absolute atomic E-state index is 0.000327. The lowest BCUT2D eigenvalue weighted by Crippen LogP contribution is -2.69. The van der Waals surface area contributed by atoms with E-state index in [1.165, 1.54) is 39.0 Å². The molecule has 2 saturated heterocycles. The van der Waals surface area contributed by atoms with E-state index in [9.17, 15) is 9.59 Å². The van der Waals surface area contributed by atoms with Crippen molar-refractivity contribution in [3.8, 4) is 0 Å². The lowest BCUT2D eigenvalue weighted by molar-refractivity contribution is -0.118. The van der Waals surface area contributed by atoms with Crippen molar-refractivity contribution in [3.05, 3.63) is 0 Å². The number of nitrogens with one attached hydrogen (secondary N) is 7. The van der Waals surface area contributed by atoms with Crippen molar-refractivity contribution in [3.63, 3.8) is 0 Å². The van der Waals surface area contributed by atoms with Crippen LogP contribution in [0.25, 0.3) is 0 Å². The molecule has 6 unspecified atom stereocenters. The van der Waals surface area contributed by atoms with Crippen LogP contribution >= 0.6 is 0 Å². The predicted octanol–water partition coefficient (Wildman–Crippen LogP) is 0.251. The van der Waals surface area contributed by atoms with E-state index in [1.807, 2.05) is 0 Å². The highest BCUT2D eigenvalue weighted by Crippen LogP contribution is 2.31. The summed E-state index contributed by atoms with van der Waals surface area (Å²) >= 11 is 0. The second-order valence-corrected chi connectivity index (χ2v) is 8.81. The number of fused-ring (bicyclic) bond motifs is 1. The number of carbonyl (C=O) groups excluding carboxylic acids is 2. The molecule has 3 rings (SSSR count). The lowest BCUT2D eigenvalue weighted by atomic mass is 9.79. The van der Waals surface area contributed by atoms with E-state index in [0.29, 0.717) is 12.6 Å². The van der Waals surface area contributed by atoms with Gasteiger partial charge in [0.1, 0.15) is 6.29 Å². The summed E-state index contributed by atoms with van der Waals surface area (Å²) in [5.41, 5.74) is 0. The van der Waals surface area contributed by atoms with Gasteiger partial charge in [-0.15, -0.1) is 0 Å². The Bertz CT molecular complexity index is 547. The van der Waals surface area contributed by atoms with Gasteiger partial charge in [0, 0.05) is 25.6 Å². The molecule has 1 saturated carbocycles. The third-order valence-corrected chi connectivity index (χ3v) is 6.26. The molecule has 9 nitrogen and oxygen atoms in total. The summed E-state index contributed by atoms with van der Waals surface area (Å²) in [6.07, 6.45) is 9.06. The molecule has 0 radical (unpaired) electrons. The summed E-state index contributed by atoms with van der Waals surface area (Å²) < 4.78 is 0. The van der Waals surface area contributed by atoms with Crippen molar-refractivity contribution in [1.29, 1.82) is 0 Å². The van der Waals surface area contributed by atoms with Crippen LogP contribution in [0.2, 0.25) is 0 Å². The summed E-state index contributed by atoms with van der Waals surface area (Å²) in [5, 5.41) is 22.8. The van der Waals surface area contributed by atoms with Gasteiger partial charge in [-0.25, -0.2) is 4.79 Å². The summed E-state index contributed by atoms with van der Waals surface area (Å²) in [4.78, 5) is 23.4. The minimum atomic E-state index is -0.280. The third-order valence-electron chi connectivity index (χ3n) is 6.26. The molecule has 0 aromatic rings. The fraction of sp³-hybridized carbons (Fsp3) is 0.900. The Morgan fingerprint density at radius 3 is 2.59 bits per heavy atom. The van der Waals surface area contributed by atoms with Gasteiger partial charge in [-0.1, -0.05) is 12.8 Å². The standard InChI is InChI=1S/C20H39N7O2/c1-13-12-18(22-11-5-10-21-14(2)28)25-19(23-13)27-20(29)26-17-9-8-15-6-3-4-7-16(15)24-17/h13,15-19,22-25H,3-12H2,1-2H3,(H,21,28)(H2,26,27,29). The molecular formula is C20H39N7O2. The average Bonchev–Trinajstić information content (AvgIpc) is 2.67. The van der Waals surface area contributed by atoms with Gasteiger partial charge in [0.25, 0.3) is 0 Å². The molecule has 7 N–H and O–H groups in total. The van der Waals surface area contributed by atoms with Crippen LogP contribution in [-0.2, 0) is 4.79 Å². The van der Waals surface area contributed by atoms with Gasteiger partial charge in [-0.05, 0) is 57.9 Å². The van der Waals surface area contributed by atoms with Crippen LogP contribution in [0.3, 0.4) is 0 Å². The fourth-order valence-electron chi connectivity index (χ4n) is 4.82.